The van der Waals surface area contributed by atoms with E-state index in [4.69, 9.17) is 5.11 Å². The van der Waals surface area contributed by atoms with Gasteiger partial charge in [0, 0.05) is 17.5 Å². The Kier molecular flexibility index (Phi) is 5.87. The van der Waals surface area contributed by atoms with E-state index in [-0.39, 0.29) is 17.7 Å². The van der Waals surface area contributed by atoms with Crippen molar-refractivity contribution < 1.29 is 15.0 Å². The summed E-state index contributed by atoms with van der Waals surface area (Å²) in [5, 5.41) is 18.3. The maximum absolute atomic E-state index is 11.3. The minimum atomic E-state index is -1.05. The molecule has 0 aliphatic rings. The van der Waals surface area contributed by atoms with Gasteiger partial charge in [0.2, 0.25) is 0 Å². The van der Waals surface area contributed by atoms with Gasteiger partial charge in [0.05, 0.1) is 12.5 Å². The molecule has 0 aromatic carbocycles. The zero-order valence-corrected chi connectivity index (χ0v) is 10.9. The SMILES string of the molecule is CCCc1cc(=O)[nH]c(SCC(O)CC(=O)O)n1. The highest BCUT2D eigenvalue weighted by Gasteiger charge is 2.11. The molecule has 0 fully saturated rings. The number of aryl methyl sites for hydroxylation is 1. The van der Waals surface area contributed by atoms with Crippen LogP contribution in [0.4, 0.5) is 0 Å². The van der Waals surface area contributed by atoms with Gasteiger partial charge in [-0.1, -0.05) is 25.1 Å². The van der Waals surface area contributed by atoms with Gasteiger partial charge in [0.15, 0.2) is 5.16 Å². The van der Waals surface area contributed by atoms with Crippen LogP contribution in [0, 0.1) is 0 Å². The number of aromatic nitrogens is 2. The topological polar surface area (TPSA) is 103 Å². The molecule has 0 spiro atoms. The average Bonchev–Trinajstić information content (AvgIpc) is 2.25. The van der Waals surface area contributed by atoms with Crippen LogP contribution >= 0.6 is 11.8 Å². The highest BCUT2D eigenvalue weighted by molar-refractivity contribution is 7.99. The third-order valence-electron chi connectivity index (χ3n) is 2.10. The minimum Gasteiger partial charge on any atom is -0.481 e. The van der Waals surface area contributed by atoms with Gasteiger partial charge in [-0.25, -0.2) is 4.98 Å². The van der Waals surface area contributed by atoms with Crippen LogP contribution < -0.4 is 5.56 Å². The number of hydrogen-bond acceptors (Lipinski definition) is 5. The molecule has 100 valence electrons. The Hall–Kier alpha value is -1.34. The lowest BCUT2D eigenvalue weighted by atomic mass is 10.2. The molecule has 1 unspecified atom stereocenters. The van der Waals surface area contributed by atoms with Gasteiger partial charge in [0.25, 0.3) is 5.56 Å². The second kappa shape index (κ2) is 7.17. The first-order chi connectivity index (χ1) is 8.51. The Morgan fingerprint density at radius 1 is 1.61 bits per heavy atom. The summed E-state index contributed by atoms with van der Waals surface area (Å²) in [4.78, 5) is 28.5. The Balaban J connectivity index is 2.61. The number of carboxylic acid groups (broad SMARTS) is 1. The van der Waals surface area contributed by atoms with Gasteiger partial charge in [0.1, 0.15) is 0 Å². The number of carboxylic acids is 1. The van der Waals surface area contributed by atoms with Crippen LogP contribution in [0.5, 0.6) is 0 Å². The Morgan fingerprint density at radius 3 is 2.94 bits per heavy atom. The largest absolute Gasteiger partial charge is 0.481 e. The third-order valence-corrected chi connectivity index (χ3v) is 3.12. The lowest BCUT2D eigenvalue weighted by Crippen LogP contribution is -2.16. The van der Waals surface area contributed by atoms with E-state index in [1.165, 1.54) is 6.07 Å². The van der Waals surface area contributed by atoms with Gasteiger partial charge < -0.3 is 15.2 Å². The summed E-state index contributed by atoms with van der Waals surface area (Å²) in [7, 11) is 0. The molecule has 0 aliphatic carbocycles. The van der Waals surface area contributed by atoms with Crippen molar-refractivity contribution in [2.45, 2.75) is 37.4 Å². The number of aliphatic carboxylic acids is 1. The van der Waals surface area contributed by atoms with Crippen molar-refractivity contribution in [3.63, 3.8) is 0 Å². The van der Waals surface area contributed by atoms with Crippen molar-refractivity contribution in [2.75, 3.05) is 5.75 Å². The quantitative estimate of drug-likeness (QED) is 0.497. The van der Waals surface area contributed by atoms with Crippen molar-refractivity contribution in [2.24, 2.45) is 0 Å². The number of aromatic amines is 1. The van der Waals surface area contributed by atoms with Crippen LogP contribution in [0.2, 0.25) is 0 Å². The van der Waals surface area contributed by atoms with Gasteiger partial charge in [-0.3, -0.25) is 9.59 Å². The van der Waals surface area contributed by atoms with Crippen LogP contribution in [0.25, 0.3) is 0 Å². The third kappa shape index (κ3) is 5.33. The van der Waals surface area contributed by atoms with E-state index >= 15 is 0 Å². The van der Waals surface area contributed by atoms with Crippen molar-refractivity contribution in [3.05, 3.63) is 22.1 Å². The zero-order chi connectivity index (χ0) is 13.5. The molecule has 0 saturated carbocycles. The summed E-state index contributed by atoms with van der Waals surface area (Å²) >= 11 is 1.14. The van der Waals surface area contributed by atoms with Crippen LogP contribution in [0.1, 0.15) is 25.5 Å². The first kappa shape index (κ1) is 14.7. The second-order valence-corrected chi connectivity index (χ2v) is 4.86. The van der Waals surface area contributed by atoms with Gasteiger partial charge >= 0.3 is 5.97 Å². The average molecular weight is 272 g/mol. The number of aliphatic hydroxyl groups excluding tert-OH is 1. The molecule has 1 aromatic rings. The zero-order valence-electron chi connectivity index (χ0n) is 10.0. The van der Waals surface area contributed by atoms with Crippen LogP contribution in [0.3, 0.4) is 0 Å². The van der Waals surface area contributed by atoms with Crippen LogP contribution in [-0.4, -0.2) is 38.0 Å². The summed E-state index contributed by atoms with van der Waals surface area (Å²) in [5.41, 5.74) is 0.472. The Morgan fingerprint density at radius 2 is 2.33 bits per heavy atom. The molecule has 0 amide bonds. The van der Waals surface area contributed by atoms with Crippen LogP contribution in [-0.2, 0) is 11.2 Å². The monoisotopic (exact) mass is 272 g/mol. The first-order valence-corrected chi connectivity index (χ1v) is 6.62. The fourth-order valence-corrected chi connectivity index (χ4v) is 2.19. The van der Waals surface area contributed by atoms with E-state index in [9.17, 15) is 14.7 Å². The molecule has 1 rings (SSSR count). The Bertz CT molecular complexity index is 461. The van der Waals surface area contributed by atoms with Crippen LogP contribution in [0.15, 0.2) is 16.0 Å². The highest BCUT2D eigenvalue weighted by Crippen LogP contribution is 2.14. The molecule has 0 radical (unpaired) electrons. The summed E-state index contributed by atoms with van der Waals surface area (Å²) in [6, 6.07) is 1.45. The second-order valence-electron chi connectivity index (χ2n) is 3.85. The smallest absolute Gasteiger partial charge is 0.306 e. The van der Waals surface area contributed by atoms with Crippen molar-refractivity contribution in [1.82, 2.24) is 9.97 Å². The molecule has 0 aliphatic heterocycles. The number of nitrogens with one attached hydrogen (secondary N) is 1. The van der Waals surface area contributed by atoms with Crippen molar-refractivity contribution in [1.29, 1.82) is 0 Å². The normalized spacial score (nSPS) is 12.3. The van der Waals surface area contributed by atoms with Crippen molar-refractivity contribution >= 4 is 17.7 Å². The van der Waals surface area contributed by atoms with E-state index in [1.54, 1.807) is 0 Å². The summed E-state index contributed by atoms with van der Waals surface area (Å²) in [6.45, 7) is 1.99. The highest BCUT2D eigenvalue weighted by atomic mass is 32.2. The maximum Gasteiger partial charge on any atom is 0.306 e. The molecule has 1 heterocycles. The standard InChI is InChI=1S/C11H16N2O4S/c1-2-3-7-4-9(15)13-11(12-7)18-6-8(14)5-10(16)17/h4,8,14H,2-3,5-6H2,1H3,(H,16,17)(H,12,13,15). The molecule has 7 heteroatoms. The molecular formula is C11H16N2O4S. The lowest BCUT2D eigenvalue weighted by molar-refractivity contribution is -0.138. The van der Waals surface area contributed by atoms with Gasteiger partial charge in [-0.05, 0) is 6.42 Å². The number of rotatable bonds is 7. The van der Waals surface area contributed by atoms with Crippen molar-refractivity contribution in [3.8, 4) is 0 Å². The maximum atomic E-state index is 11.3. The predicted molar refractivity (Wildman–Crippen MR) is 67.8 cm³/mol. The van der Waals surface area contributed by atoms with Gasteiger partial charge in [-0.2, -0.15) is 0 Å². The predicted octanol–water partition coefficient (Wildman–Crippen LogP) is 0.650. The fourth-order valence-electron chi connectivity index (χ4n) is 1.37. The Labute approximate surface area is 108 Å². The summed E-state index contributed by atoms with van der Waals surface area (Å²) in [5.74, 6) is -0.866. The molecule has 18 heavy (non-hydrogen) atoms. The summed E-state index contributed by atoms with van der Waals surface area (Å²) in [6.07, 6.45) is 0.344. The number of hydrogen-bond donors (Lipinski definition) is 3. The molecule has 1 atom stereocenters. The number of H-pyrrole nitrogens is 1. The molecule has 0 bridgehead atoms. The summed E-state index contributed by atoms with van der Waals surface area (Å²) < 4.78 is 0. The molecule has 6 nitrogen and oxygen atoms in total. The molecule has 3 N–H and O–H groups in total. The number of aliphatic hydroxyl groups is 1. The number of thioether (sulfide) groups is 1. The molecule has 0 saturated heterocycles. The van der Waals surface area contributed by atoms with E-state index in [1.807, 2.05) is 6.92 Å². The van der Waals surface area contributed by atoms with E-state index < -0.39 is 12.1 Å². The molecule has 1 aromatic heterocycles. The number of nitrogens with zero attached hydrogens (tertiary/aromatic N) is 1. The minimum absolute atomic E-state index is 0.185. The van der Waals surface area contributed by atoms with Gasteiger partial charge in [-0.15, -0.1) is 0 Å². The lowest BCUT2D eigenvalue weighted by Gasteiger charge is -2.07. The molecular weight excluding hydrogens is 256 g/mol. The number of carbonyl (C=O) groups is 1. The van der Waals surface area contributed by atoms with E-state index in [0.29, 0.717) is 10.9 Å². The van der Waals surface area contributed by atoms with E-state index in [0.717, 1.165) is 24.6 Å². The first-order valence-electron chi connectivity index (χ1n) is 5.64. The van der Waals surface area contributed by atoms with E-state index in [2.05, 4.69) is 9.97 Å². The fraction of sp³-hybridized carbons (Fsp3) is 0.545.